The minimum Gasteiger partial charge on any atom is -0.405 e. The van der Waals surface area contributed by atoms with Crippen LogP contribution in [-0.2, 0) is 0 Å². The standard InChI is InChI=1S/CH5N3.BrO3/c2*2-1(3)4/h(H5,2,3,4);/q;-1/p+1. The maximum absolute atomic E-state index is 8.52. The summed E-state index contributed by atoms with van der Waals surface area (Å²) in [5.74, 6) is -0.0833. The zero-order chi connectivity index (χ0) is 7.15. The van der Waals surface area contributed by atoms with E-state index in [1.165, 1.54) is 0 Å². The normalized spacial score (nSPS) is 7.50. The van der Waals surface area contributed by atoms with Crippen molar-refractivity contribution >= 4 is 5.96 Å². The van der Waals surface area contributed by atoms with Crippen LogP contribution < -0.4 is 29.5 Å². The van der Waals surface area contributed by atoms with Crippen molar-refractivity contribution < 1.29 is 32.8 Å². The highest BCUT2D eigenvalue weighted by atomic mass is 80.0. The Balaban J connectivity index is 0. The fraction of sp³-hybridized carbons (Fsp3) is 0. The molecule has 6 nitrogen and oxygen atoms in total. The summed E-state index contributed by atoms with van der Waals surface area (Å²) in [6.07, 6.45) is 0. The molecular formula is CH6BrN3O3. The van der Waals surface area contributed by atoms with Crippen molar-refractivity contribution in [3.8, 4) is 0 Å². The number of halogens is 1. The van der Waals surface area contributed by atoms with Gasteiger partial charge in [0.2, 0.25) is 14.8 Å². The van der Waals surface area contributed by atoms with Gasteiger partial charge in [-0.25, -0.2) is 0 Å². The molecule has 0 fully saturated rings. The van der Waals surface area contributed by atoms with E-state index in [-0.39, 0.29) is 5.96 Å². The molecular weight excluding hydrogens is 182 g/mol. The van der Waals surface area contributed by atoms with Gasteiger partial charge >= 0.3 is 5.96 Å². The number of hydrogen-bond donors (Lipinski definition) is 3. The first-order valence-electron chi connectivity index (χ1n) is 1.33. The zero-order valence-electron chi connectivity index (χ0n) is 3.83. The van der Waals surface area contributed by atoms with E-state index >= 15 is 0 Å². The molecule has 0 spiro atoms. The molecule has 0 rings (SSSR count). The van der Waals surface area contributed by atoms with E-state index in [2.05, 4.69) is 16.9 Å². The lowest BCUT2D eigenvalue weighted by molar-refractivity contribution is -1.73. The van der Waals surface area contributed by atoms with E-state index in [9.17, 15) is 0 Å². The van der Waals surface area contributed by atoms with E-state index in [1.54, 1.807) is 0 Å². The lowest BCUT2D eigenvalue weighted by Crippen LogP contribution is -2.51. The summed E-state index contributed by atoms with van der Waals surface area (Å²) in [7, 11) is 0. The van der Waals surface area contributed by atoms with Gasteiger partial charge in [0.25, 0.3) is 0 Å². The highest BCUT2D eigenvalue weighted by Gasteiger charge is 1.67. The van der Waals surface area contributed by atoms with Crippen molar-refractivity contribution in [1.29, 1.82) is 0 Å². The molecule has 6 N–H and O–H groups in total. The van der Waals surface area contributed by atoms with Crippen LogP contribution in [-0.4, -0.2) is 5.96 Å². The van der Waals surface area contributed by atoms with Crippen molar-refractivity contribution in [3.63, 3.8) is 0 Å². The van der Waals surface area contributed by atoms with Gasteiger partial charge in [0, 0.05) is 0 Å². The van der Waals surface area contributed by atoms with Crippen molar-refractivity contribution in [1.82, 2.24) is 0 Å². The highest BCUT2D eigenvalue weighted by Crippen LogP contribution is 1.24. The van der Waals surface area contributed by atoms with Gasteiger partial charge in [0.1, 0.15) is 0 Å². The summed E-state index contributed by atoms with van der Waals surface area (Å²) in [6, 6.07) is 0. The van der Waals surface area contributed by atoms with Crippen molar-refractivity contribution in [3.05, 3.63) is 0 Å². The van der Waals surface area contributed by atoms with E-state index < -0.39 is 14.8 Å². The molecule has 0 aromatic carbocycles. The molecule has 8 heavy (non-hydrogen) atoms. The Bertz CT molecular complexity index is 58.8. The van der Waals surface area contributed by atoms with E-state index in [0.29, 0.717) is 0 Å². The first kappa shape index (κ1) is 10.6. The van der Waals surface area contributed by atoms with Gasteiger partial charge in [-0.15, -0.1) is 0 Å². The SMILES string of the molecule is NC(N)=[NH2+].[O-][Br+2]([O-])[O-]. The van der Waals surface area contributed by atoms with Gasteiger partial charge in [-0.05, 0) is 0 Å². The van der Waals surface area contributed by atoms with Crippen LogP contribution in [0.4, 0.5) is 0 Å². The van der Waals surface area contributed by atoms with Crippen LogP contribution in [0.2, 0.25) is 0 Å². The minimum absolute atomic E-state index is 0.0833. The number of guanidine groups is 1. The smallest absolute Gasteiger partial charge is 0.336 e. The van der Waals surface area contributed by atoms with Crippen LogP contribution in [0, 0.1) is 14.8 Å². The molecule has 0 saturated carbocycles. The molecule has 0 radical (unpaired) electrons. The van der Waals surface area contributed by atoms with Crippen LogP contribution in [0.5, 0.6) is 0 Å². The van der Waals surface area contributed by atoms with Crippen LogP contribution >= 0.6 is 0 Å². The highest BCUT2D eigenvalue weighted by molar-refractivity contribution is 5.68. The summed E-state index contributed by atoms with van der Waals surface area (Å²) in [5.41, 5.74) is 9.17. The Morgan fingerprint density at radius 1 is 1.25 bits per heavy atom. The minimum atomic E-state index is -3.65. The fourth-order valence-electron chi connectivity index (χ4n) is 0. The second kappa shape index (κ2) is 6.63. The number of rotatable bonds is 0. The van der Waals surface area contributed by atoms with Gasteiger partial charge in [-0.1, -0.05) is 0 Å². The third kappa shape index (κ3) is 882. The molecule has 0 aromatic heterocycles. The lowest BCUT2D eigenvalue weighted by Gasteiger charge is -1.85. The second-order valence-electron chi connectivity index (χ2n) is 0.689. The summed E-state index contributed by atoms with van der Waals surface area (Å²) >= 11 is -3.65. The quantitative estimate of drug-likeness (QED) is 0.255. The van der Waals surface area contributed by atoms with Crippen LogP contribution in [0.1, 0.15) is 0 Å². The number of hydrogen-bond acceptors (Lipinski definition) is 3. The van der Waals surface area contributed by atoms with Gasteiger partial charge in [-0.3, -0.25) is 16.9 Å². The molecule has 7 heteroatoms. The maximum atomic E-state index is 8.52. The molecule has 0 heterocycles. The molecule has 0 aliphatic carbocycles. The van der Waals surface area contributed by atoms with Crippen LogP contribution in [0.3, 0.4) is 0 Å². The molecule has 0 aromatic rings. The summed E-state index contributed by atoms with van der Waals surface area (Å²) in [5, 5.41) is 4.58. The average molecular weight is 188 g/mol. The predicted octanol–water partition coefficient (Wildman–Crippen LogP) is -6.55. The average Bonchev–Trinajstić information content (AvgIpc) is 1.25. The van der Waals surface area contributed by atoms with Gasteiger partial charge in [0.05, 0.1) is 0 Å². The molecule has 0 unspecified atom stereocenters. The summed E-state index contributed by atoms with van der Waals surface area (Å²) in [6.45, 7) is 0. The second-order valence-corrected chi connectivity index (χ2v) is 1.48. The monoisotopic (exact) mass is 187 g/mol. The van der Waals surface area contributed by atoms with Crippen LogP contribution in [0.15, 0.2) is 0 Å². The first-order valence-corrected chi connectivity index (χ1v) is 3.27. The van der Waals surface area contributed by atoms with Crippen LogP contribution in [0.25, 0.3) is 0 Å². The topological polar surface area (TPSA) is 147 Å². The molecule has 0 atom stereocenters. The third-order valence-corrected chi connectivity index (χ3v) is 0. The number of nitrogens with two attached hydrogens (primary N) is 3. The molecule has 0 amide bonds. The summed E-state index contributed by atoms with van der Waals surface area (Å²) < 4.78 is 25.6. The predicted molar refractivity (Wildman–Crippen MR) is 15.3 cm³/mol. The first-order chi connectivity index (χ1) is 3.46. The van der Waals surface area contributed by atoms with Gasteiger partial charge in [0.15, 0.2) is 0 Å². The Kier molecular flexibility index (Phi) is 8.77. The third-order valence-electron chi connectivity index (χ3n) is 0. The molecule has 50 valence electrons. The summed E-state index contributed by atoms with van der Waals surface area (Å²) in [4.78, 5) is 0. The van der Waals surface area contributed by atoms with E-state index in [0.717, 1.165) is 0 Å². The van der Waals surface area contributed by atoms with Crippen molar-refractivity contribution in [2.24, 2.45) is 11.5 Å². The largest absolute Gasteiger partial charge is 0.405 e. The van der Waals surface area contributed by atoms with Gasteiger partial charge < -0.3 is 12.6 Å². The van der Waals surface area contributed by atoms with Crippen molar-refractivity contribution in [2.75, 3.05) is 0 Å². The van der Waals surface area contributed by atoms with Crippen molar-refractivity contribution in [2.45, 2.75) is 0 Å². The van der Waals surface area contributed by atoms with Gasteiger partial charge in [-0.2, -0.15) is 0 Å². The maximum Gasteiger partial charge on any atom is 0.336 e. The molecule has 0 aliphatic heterocycles. The zero-order valence-corrected chi connectivity index (χ0v) is 5.42. The lowest BCUT2D eigenvalue weighted by atomic mass is 11.1. The Labute approximate surface area is 51.1 Å². The Morgan fingerprint density at radius 3 is 1.25 bits per heavy atom. The molecule has 0 aliphatic rings. The Hall–Kier alpha value is -0.370. The molecule has 0 bridgehead atoms. The Morgan fingerprint density at radius 2 is 1.25 bits per heavy atom. The fourth-order valence-corrected chi connectivity index (χ4v) is 0. The molecule has 0 saturated heterocycles. The van der Waals surface area contributed by atoms with E-state index in [1.807, 2.05) is 0 Å². The van der Waals surface area contributed by atoms with E-state index in [4.69, 9.17) is 12.6 Å².